The van der Waals surface area contributed by atoms with E-state index >= 15 is 0 Å². The van der Waals surface area contributed by atoms with Crippen LogP contribution in [-0.4, -0.2) is 20.5 Å². The summed E-state index contributed by atoms with van der Waals surface area (Å²) in [4.78, 5) is 12.4. The number of benzene rings is 2. The lowest BCUT2D eigenvalue weighted by Crippen LogP contribution is -2.50. The van der Waals surface area contributed by atoms with Crippen molar-refractivity contribution in [2.24, 2.45) is 5.73 Å². The minimum absolute atomic E-state index is 0.343. The second-order valence-electron chi connectivity index (χ2n) is 5.25. The predicted octanol–water partition coefficient (Wildman–Crippen LogP) is 1.86. The van der Waals surface area contributed by atoms with E-state index in [0.717, 1.165) is 5.56 Å². The Bertz CT molecular complexity index is 685. The zero-order chi connectivity index (χ0) is 16.3. The molecular formula is C17H19NO3S. The van der Waals surface area contributed by atoms with Crippen LogP contribution < -0.4 is 5.73 Å². The molecule has 0 saturated carbocycles. The van der Waals surface area contributed by atoms with Gasteiger partial charge in [0.1, 0.15) is 0 Å². The van der Waals surface area contributed by atoms with Gasteiger partial charge in [0.15, 0.2) is 5.60 Å². The molecule has 1 amide bonds. The van der Waals surface area contributed by atoms with Crippen molar-refractivity contribution in [3.8, 4) is 0 Å². The van der Waals surface area contributed by atoms with E-state index in [1.165, 1.54) is 0 Å². The van der Waals surface area contributed by atoms with Crippen LogP contribution in [0.5, 0.6) is 0 Å². The van der Waals surface area contributed by atoms with Gasteiger partial charge in [-0.3, -0.25) is 9.00 Å². The van der Waals surface area contributed by atoms with Gasteiger partial charge < -0.3 is 10.8 Å². The Morgan fingerprint density at radius 1 is 1.14 bits per heavy atom. The van der Waals surface area contributed by atoms with Gasteiger partial charge in [0.25, 0.3) is 5.91 Å². The number of rotatable bonds is 5. The molecule has 0 fully saturated rings. The average molecular weight is 317 g/mol. The summed E-state index contributed by atoms with van der Waals surface area (Å²) in [6, 6.07) is 15.5. The molecule has 5 heteroatoms. The number of hydrogen-bond acceptors (Lipinski definition) is 3. The maximum atomic E-state index is 12.7. The predicted molar refractivity (Wildman–Crippen MR) is 86.6 cm³/mol. The third-order valence-corrected chi connectivity index (χ3v) is 5.47. The molecule has 22 heavy (non-hydrogen) atoms. The minimum atomic E-state index is -1.99. The molecule has 116 valence electrons. The van der Waals surface area contributed by atoms with Gasteiger partial charge in [-0.25, -0.2) is 0 Å². The molecule has 3 N–H and O–H groups in total. The van der Waals surface area contributed by atoms with E-state index < -0.39 is 27.6 Å². The second-order valence-corrected chi connectivity index (χ2v) is 7.02. The van der Waals surface area contributed by atoms with Crippen LogP contribution in [0.1, 0.15) is 18.1 Å². The summed E-state index contributed by atoms with van der Waals surface area (Å²) >= 11 is 0. The second kappa shape index (κ2) is 6.42. The first-order chi connectivity index (χ1) is 10.4. The number of aryl methyl sites for hydroxylation is 1. The van der Waals surface area contributed by atoms with E-state index in [9.17, 15) is 14.1 Å². The highest BCUT2D eigenvalue weighted by molar-refractivity contribution is 7.85. The fraction of sp³-hybridized carbons (Fsp3) is 0.235. The van der Waals surface area contributed by atoms with Crippen molar-refractivity contribution in [3.05, 3.63) is 65.7 Å². The molecule has 0 aromatic heterocycles. The van der Waals surface area contributed by atoms with Crippen LogP contribution in [0.3, 0.4) is 0 Å². The van der Waals surface area contributed by atoms with Crippen LogP contribution >= 0.6 is 0 Å². The van der Waals surface area contributed by atoms with Crippen molar-refractivity contribution in [2.45, 2.75) is 29.6 Å². The standard InChI is InChI=1S/C17H19NO3S/c1-12-8-10-15(11-9-12)22(21)13(2)17(20,16(18)19)14-6-4-3-5-7-14/h3-11,13,20H,1-2H3,(H2,18,19)/t13?,17-,22?/m0/s1. The number of amides is 1. The van der Waals surface area contributed by atoms with Gasteiger partial charge in [0.05, 0.1) is 16.0 Å². The molecule has 2 aromatic carbocycles. The third kappa shape index (κ3) is 2.96. The van der Waals surface area contributed by atoms with E-state index in [-0.39, 0.29) is 0 Å². The highest BCUT2D eigenvalue weighted by Crippen LogP contribution is 2.30. The van der Waals surface area contributed by atoms with Gasteiger partial charge in [0.2, 0.25) is 0 Å². The molecule has 2 rings (SSSR count). The largest absolute Gasteiger partial charge is 0.374 e. The minimum Gasteiger partial charge on any atom is -0.374 e. The monoisotopic (exact) mass is 317 g/mol. The highest BCUT2D eigenvalue weighted by atomic mass is 32.2. The van der Waals surface area contributed by atoms with E-state index in [1.807, 2.05) is 19.1 Å². The van der Waals surface area contributed by atoms with Crippen LogP contribution in [0.4, 0.5) is 0 Å². The molecule has 0 radical (unpaired) electrons. The quantitative estimate of drug-likeness (QED) is 0.883. The first kappa shape index (κ1) is 16.4. The van der Waals surface area contributed by atoms with Crippen LogP contribution in [0.15, 0.2) is 59.5 Å². The highest BCUT2D eigenvalue weighted by Gasteiger charge is 2.45. The Hall–Kier alpha value is -1.98. The fourth-order valence-corrected chi connectivity index (χ4v) is 3.68. The zero-order valence-electron chi connectivity index (χ0n) is 12.5. The summed E-state index contributed by atoms with van der Waals surface area (Å²) in [5.41, 5.74) is 4.82. The van der Waals surface area contributed by atoms with Gasteiger partial charge in [-0.2, -0.15) is 0 Å². The summed E-state index contributed by atoms with van der Waals surface area (Å²) in [6.45, 7) is 3.49. The van der Waals surface area contributed by atoms with Gasteiger partial charge in [0, 0.05) is 4.90 Å². The molecule has 0 aliphatic heterocycles. The van der Waals surface area contributed by atoms with Crippen LogP contribution in [0.25, 0.3) is 0 Å². The van der Waals surface area contributed by atoms with Gasteiger partial charge >= 0.3 is 0 Å². The summed E-state index contributed by atoms with van der Waals surface area (Å²) in [6.07, 6.45) is 0. The Labute approximate surface area is 132 Å². The molecule has 0 saturated heterocycles. The first-order valence-corrected chi connectivity index (χ1v) is 8.13. The van der Waals surface area contributed by atoms with Gasteiger partial charge in [-0.05, 0) is 31.5 Å². The fourth-order valence-electron chi connectivity index (χ4n) is 2.30. The summed E-state index contributed by atoms with van der Waals surface area (Å²) in [7, 11) is -1.58. The van der Waals surface area contributed by atoms with Gasteiger partial charge in [-0.15, -0.1) is 0 Å². The molecule has 0 aliphatic carbocycles. The molecule has 0 heterocycles. The normalized spacial score (nSPS) is 16.5. The molecule has 4 nitrogen and oxygen atoms in total. The molecule has 2 aromatic rings. The zero-order valence-corrected chi connectivity index (χ0v) is 13.3. The van der Waals surface area contributed by atoms with E-state index in [4.69, 9.17) is 5.73 Å². The smallest absolute Gasteiger partial charge is 0.255 e. The Morgan fingerprint density at radius 2 is 1.68 bits per heavy atom. The van der Waals surface area contributed by atoms with E-state index in [0.29, 0.717) is 10.5 Å². The lowest BCUT2D eigenvalue weighted by atomic mass is 9.90. The van der Waals surface area contributed by atoms with Crippen molar-refractivity contribution in [3.63, 3.8) is 0 Å². The van der Waals surface area contributed by atoms with E-state index in [2.05, 4.69) is 0 Å². The number of carbonyl (C=O) groups is 1. The lowest BCUT2D eigenvalue weighted by molar-refractivity contribution is -0.137. The molecule has 0 bridgehead atoms. The maximum absolute atomic E-state index is 12.7. The summed E-state index contributed by atoms with van der Waals surface area (Å²) in [5.74, 6) is -0.910. The topological polar surface area (TPSA) is 80.4 Å². The molecule has 3 atom stereocenters. The third-order valence-electron chi connectivity index (χ3n) is 3.75. The van der Waals surface area contributed by atoms with Crippen molar-refractivity contribution in [2.75, 3.05) is 0 Å². The molecular weight excluding hydrogens is 298 g/mol. The number of carbonyl (C=O) groups excluding carboxylic acids is 1. The van der Waals surface area contributed by atoms with Crippen LogP contribution in [-0.2, 0) is 21.2 Å². The van der Waals surface area contributed by atoms with Gasteiger partial charge in [-0.1, -0.05) is 48.0 Å². The molecule has 0 aliphatic rings. The summed E-state index contributed by atoms with van der Waals surface area (Å²) < 4.78 is 12.7. The number of primary amides is 1. The SMILES string of the molecule is Cc1ccc(S(=O)C(C)[C@@](O)(C(N)=O)c2ccccc2)cc1. The maximum Gasteiger partial charge on any atom is 0.255 e. The first-order valence-electron chi connectivity index (χ1n) is 6.92. The Morgan fingerprint density at radius 3 is 2.18 bits per heavy atom. The Kier molecular flexibility index (Phi) is 4.78. The van der Waals surface area contributed by atoms with Crippen molar-refractivity contribution in [1.29, 1.82) is 0 Å². The number of aliphatic hydroxyl groups is 1. The number of hydrogen-bond donors (Lipinski definition) is 2. The molecule has 0 spiro atoms. The Balaban J connectivity index is 2.43. The van der Waals surface area contributed by atoms with Crippen molar-refractivity contribution < 1.29 is 14.1 Å². The lowest BCUT2D eigenvalue weighted by Gasteiger charge is -2.31. The number of nitrogens with two attached hydrogens (primary N) is 1. The molecule has 2 unspecified atom stereocenters. The van der Waals surface area contributed by atoms with Crippen LogP contribution in [0.2, 0.25) is 0 Å². The summed E-state index contributed by atoms with van der Waals surface area (Å²) in [5, 5.41) is 9.97. The van der Waals surface area contributed by atoms with E-state index in [1.54, 1.807) is 49.4 Å². The average Bonchev–Trinajstić information content (AvgIpc) is 2.54. The van der Waals surface area contributed by atoms with Crippen molar-refractivity contribution >= 4 is 16.7 Å². The van der Waals surface area contributed by atoms with Crippen LogP contribution in [0, 0.1) is 6.92 Å². The van der Waals surface area contributed by atoms with Crippen molar-refractivity contribution in [1.82, 2.24) is 0 Å².